The number of rotatable bonds is 8. The first-order chi connectivity index (χ1) is 12.0. The van der Waals surface area contributed by atoms with E-state index in [1.54, 1.807) is 19.1 Å². The molecule has 0 atom stereocenters. The van der Waals surface area contributed by atoms with Crippen molar-refractivity contribution in [2.75, 3.05) is 18.5 Å². The van der Waals surface area contributed by atoms with E-state index in [9.17, 15) is 9.90 Å². The van der Waals surface area contributed by atoms with E-state index in [0.717, 1.165) is 15.7 Å². The molecule has 5 nitrogen and oxygen atoms in total. The van der Waals surface area contributed by atoms with Crippen molar-refractivity contribution in [3.63, 3.8) is 0 Å². The third-order valence-corrected chi connectivity index (χ3v) is 4.29. The third-order valence-electron chi connectivity index (χ3n) is 3.70. The standard InChI is InChI=1S/C19H22BrNO4/c1-4-24-17-10-13(9-15(20)18(17)25-5-2)11-21-16-8-6-7-14(12(16)3)19(22)23/h6-10,21H,4-5,11H2,1-3H3,(H,22,23). The van der Waals surface area contributed by atoms with E-state index in [-0.39, 0.29) is 0 Å². The van der Waals surface area contributed by atoms with E-state index in [1.165, 1.54) is 0 Å². The van der Waals surface area contributed by atoms with Crippen molar-refractivity contribution < 1.29 is 19.4 Å². The Balaban J connectivity index is 2.24. The summed E-state index contributed by atoms with van der Waals surface area (Å²) in [6, 6.07) is 9.11. The highest BCUT2D eigenvalue weighted by atomic mass is 79.9. The SMILES string of the molecule is CCOc1cc(CNc2cccc(C(=O)O)c2C)cc(Br)c1OCC. The Morgan fingerprint density at radius 1 is 1.20 bits per heavy atom. The molecule has 25 heavy (non-hydrogen) atoms. The zero-order valence-corrected chi connectivity index (χ0v) is 16.1. The lowest BCUT2D eigenvalue weighted by atomic mass is 10.1. The van der Waals surface area contributed by atoms with Crippen molar-refractivity contribution in [3.05, 3.63) is 51.5 Å². The molecule has 2 N–H and O–H groups in total. The van der Waals surface area contributed by atoms with Gasteiger partial charge in [-0.05, 0) is 72.1 Å². The fourth-order valence-corrected chi connectivity index (χ4v) is 3.13. The number of hydrogen-bond donors (Lipinski definition) is 2. The summed E-state index contributed by atoms with van der Waals surface area (Å²) in [4.78, 5) is 11.2. The molecule has 2 aromatic carbocycles. The molecule has 0 fully saturated rings. The highest BCUT2D eigenvalue weighted by Gasteiger charge is 2.13. The molecule has 0 aromatic heterocycles. The van der Waals surface area contributed by atoms with Crippen LogP contribution in [-0.2, 0) is 6.54 Å². The monoisotopic (exact) mass is 407 g/mol. The van der Waals surface area contributed by atoms with Crippen molar-refractivity contribution in [2.24, 2.45) is 0 Å². The molecule has 0 bridgehead atoms. The van der Waals surface area contributed by atoms with E-state index >= 15 is 0 Å². The lowest BCUT2D eigenvalue weighted by Crippen LogP contribution is -2.06. The lowest BCUT2D eigenvalue weighted by Gasteiger charge is -2.16. The van der Waals surface area contributed by atoms with Crippen LogP contribution in [-0.4, -0.2) is 24.3 Å². The molecule has 6 heteroatoms. The van der Waals surface area contributed by atoms with Gasteiger partial charge in [-0.1, -0.05) is 6.07 Å². The summed E-state index contributed by atoms with van der Waals surface area (Å²) in [5.41, 5.74) is 2.81. The Morgan fingerprint density at radius 3 is 2.56 bits per heavy atom. The lowest BCUT2D eigenvalue weighted by molar-refractivity contribution is 0.0696. The van der Waals surface area contributed by atoms with Crippen molar-refractivity contribution in [2.45, 2.75) is 27.3 Å². The Bertz CT molecular complexity index is 761. The van der Waals surface area contributed by atoms with Gasteiger partial charge in [0.2, 0.25) is 0 Å². The van der Waals surface area contributed by atoms with E-state index < -0.39 is 5.97 Å². The zero-order valence-electron chi connectivity index (χ0n) is 14.6. The predicted molar refractivity (Wildman–Crippen MR) is 102 cm³/mol. The number of halogens is 1. The van der Waals surface area contributed by atoms with E-state index in [0.29, 0.717) is 42.4 Å². The first-order valence-corrected chi connectivity index (χ1v) is 8.92. The molecule has 0 unspecified atom stereocenters. The highest BCUT2D eigenvalue weighted by Crippen LogP contribution is 2.37. The second-order valence-corrected chi connectivity index (χ2v) is 6.26. The second kappa shape index (κ2) is 8.76. The second-order valence-electron chi connectivity index (χ2n) is 5.41. The summed E-state index contributed by atoms with van der Waals surface area (Å²) in [7, 11) is 0. The van der Waals surface area contributed by atoms with Gasteiger partial charge in [-0.2, -0.15) is 0 Å². The fraction of sp³-hybridized carbons (Fsp3) is 0.316. The average molecular weight is 408 g/mol. The van der Waals surface area contributed by atoms with Crippen LogP contribution < -0.4 is 14.8 Å². The van der Waals surface area contributed by atoms with Gasteiger partial charge < -0.3 is 19.9 Å². The number of nitrogens with one attached hydrogen (secondary N) is 1. The van der Waals surface area contributed by atoms with E-state index in [4.69, 9.17) is 9.47 Å². The predicted octanol–water partition coefficient (Wildman–Crippen LogP) is 4.87. The third kappa shape index (κ3) is 4.66. The smallest absolute Gasteiger partial charge is 0.336 e. The number of ether oxygens (including phenoxy) is 2. The van der Waals surface area contributed by atoms with Crippen molar-refractivity contribution in [3.8, 4) is 11.5 Å². The number of carbonyl (C=O) groups is 1. The topological polar surface area (TPSA) is 67.8 Å². The molecule has 0 spiro atoms. The molecule has 0 heterocycles. The van der Waals surface area contributed by atoms with Crippen LogP contribution in [0.1, 0.15) is 35.3 Å². The van der Waals surface area contributed by atoms with Gasteiger partial charge in [0.15, 0.2) is 11.5 Å². The van der Waals surface area contributed by atoms with Gasteiger partial charge in [-0.15, -0.1) is 0 Å². The quantitative estimate of drug-likeness (QED) is 0.653. The normalized spacial score (nSPS) is 10.4. The van der Waals surface area contributed by atoms with Crippen LogP contribution >= 0.6 is 15.9 Å². The van der Waals surface area contributed by atoms with Crippen LogP contribution in [0.2, 0.25) is 0 Å². The van der Waals surface area contributed by atoms with Crippen LogP contribution in [0.15, 0.2) is 34.8 Å². The minimum atomic E-state index is -0.927. The number of anilines is 1. The Kier molecular flexibility index (Phi) is 6.70. The summed E-state index contributed by atoms with van der Waals surface area (Å²) in [5, 5.41) is 12.5. The molecule has 0 saturated carbocycles. The van der Waals surface area contributed by atoms with Crippen molar-refractivity contribution >= 4 is 27.6 Å². The first kappa shape index (κ1) is 19.1. The van der Waals surface area contributed by atoms with Crippen LogP contribution in [0.25, 0.3) is 0 Å². The molecular formula is C19H22BrNO4. The number of aromatic carboxylic acids is 1. The summed E-state index contributed by atoms with van der Waals surface area (Å²) >= 11 is 3.53. The Hall–Kier alpha value is -2.21. The number of carboxylic acids is 1. The zero-order chi connectivity index (χ0) is 18.4. The maximum atomic E-state index is 11.2. The maximum Gasteiger partial charge on any atom is 0.336 e. The van der Waals surface area contributed by atoms with E-state index in [1.807, 2.05) is 32.0 Å². The first-order valence-electron chi connectivity index (χ1n) is 8.12. The van der Waals surface area contributed by atoms with Gasteiger partial charge in [0.1, 0.15) is 0 Å². The van der Waals surface area contributed by atoms with Gasteiger partial charge in [0, 0.05) is 12.2 Å². The maximum absolute atomic E-state index is 11.2. The van der Waals surface area contributed by atoms with Crippen LogP contribution in [0.5, 0.6) is 11.5 Å². The van der Waals surface area contributed by atoms with Gasteiger partial charge in [0.25, 0.3) is 0 Å². The van der Waals surface area contributed by atoms with E-state index in [2.05, 4.69) is 21.2 Å². The fourth-order valence-electron chi connectivity index (χ4n) is 2.53. The van der Waals surface area contributed by atoms with Crippen LogP contribution in [0.3, 0.4) is 0 Å². The largest absolute Gasteiger partial charge is 0.490 e. The number of hydrogen-bond acceptors (Lipinski definition) is 4. The molecule has 0 radical (unpaired) electrons. The molecule has 0 saturated heterocycles. The molecule has 0 aliphatic carbocycles. The summed E-state index contributed by atoms with van der Waals surface area (Å²) in [6.45, 7) is 7.28. The molecule has 0 aliphatic heterocycles. The number of benzene rings is 2. The molecule has 0 amide bonds. The average Bonchev–Trinajstić information content (AvgIpc) is 2.57. The minimum Gasteiger partial charge on any atom is -0.490 e. The van der Waals surface area contributed by atoms with Crippen LogP contribution in [0.4, 0.5) is 5.69 Å². The Morgan fingerprint density at radius 2 is 1.92 bits per heavy atom. The van der Waals surface area contributed by atoms with Crippen LogP contribution in [0, 0.1) is 6.92 Å². The molecule has 2 rings (SSSR count). The molecule has 134 valence electrons. The molecule has 2 aromatic rings. The van der Waals surface area contributed by atoms with Crippen molar-refractivity contribution in [1.82, 2.24) is 0 Å². The summed E-state index contributed by atoms with van der Waals surface area (Å²) in [5.74, 6) is 0.451. The van der Waals surface area contributed by atoms with Gasteiger partial charge in [0.05, 0.1) is 23.2 Å². The van der Waals surface area contributed by atoms with Gasteiger partial charge in [-0.25, -0.2) is 4.79 Å². The van der Waals surface area contributed by atoms with Crippen molar-refractivity contribution in [1.29, 1.82) is 0 Å². The summed E-state index contributed by atoms with van der Waals surface area (Å²) in [6.07, 6.45) is 0. The van der Waals surface area contributed by atoms with Gasteiger partial charge in [-0.3, -0.25) is 0 Å². The summed E-state index contributed by atoms with van der Waals surface area (Å²) < 4.78 is 12.1. The minimum absolute atomic E-state index is 0.299. The highest BCUT2D eigenvalue weighted by molar-refractivity contribution is 9.10. The molecule has 0 aliphatic rings. The number of carboxylic acid groups (broad SMARTS) is 1. The molecular weight excluding hydrogens is 386 g/mol. The Labute approximate surface area is 156 Å². The van der Waals surface area contributed by atoms with Gasteiger partial charge >= 0.3 is 5.97 Å².